The minimum absolute atomic E-state index is 0.109. The molecule has 98 valence electrons. The van der Waals surface area contributed by atoms with E-state index in [1.807, 2.05) is 38.1 Å². The van der Waals surface area contributed by atoms with Gasteiger partial charge in [-0.15, -0.1) is 12.6 Å². The molecule has 1 heterocycles. The summed E-state index contributed by atoms with van der Waals surface area (Å²) in [5.41, 5.74) is 2.18. The van der Waals surface area contributed by atoms with Crippen LogP contribution < -0.4 is 0 Å². The first-order valence-electron chi connectivity index (χ1n) is 6.06. The highest BCUT2D eigenvalue weighted by molar-refractivity contribution is 7.96. The fourth-order valence-electron chi connectivity index (χ4n) is 2.09. The highest BCUT2D eigenvalue weighted by atomic mass is 32.1. The number of rotatable bonds is 4. The standard InChI is InChI=1S/C14H18O3S/c1-14(2)16-9-12(17-14)7-10-3-5-11(6-4-10)8-13(15)18/h3-6,12H,7-9H2,1-2H3,(H,15,18)/t12-/m0/s1. The summed E-state index contributed by atoms with van der Waals surface area (Å²) >= 11 is 3.77. The number of ether oxygens (including phenoxy) is 2. The van der Waals surface area contributed by atoms with Crippen LogP contribution in [0.4, 0.5) is 0 Å². The van der Waals surface area contributed by atoms with Crippen molar-refractivity contribution in [2.75, 3.05) is 6.61 Å². The number of hydrogen-bond acceptors (Lipinski definition) is 3. The van der Waals surface area contributed by atoms with E-state index in [0.29, 0.717) is 13.0 Å². The fourth-order valence-corrected chi connectivity index (χ4v) is 2.28. The van der Waals surface area contributed by atoms with Crippen molar-refractivity contribution in [2.24, 2.45) is 0 Å². The second-order valence-corrected chi connectivity index (χ2v) is 5.54. The smallest absolute Gasteiger partial charge is 0.190 e. The monoisotopic (exact) mass is 266 g/mol. The van der Waals surface area contributed by atoms with Crippen LogP contribution >= 0.6 is 12.6 Å². The summed E-state index contributed by atoms with van der Waals surface area (Å²) in [6.07, 6.45) is 1.32. The Morgan fingerprint density at radius 2 is 1.94 bits per heavy atom. The van der Waals surface area contributed by atoms with Gasteiger partial charge in [-0.2, -0.15) is 0 Å². The lowest BCUT2D eigenvalue weighted by Gasteiger charge is -2.17. The summed E-state index contributed by atoms with van der Waals surface area (Å²) in [5, 5.41) is -0.114. The van der Waals surface area contributed by atoms with Crippen LogP contribution in [-0.2, 0) is 27.1 Å². The molecule has 1 aliphatic heterocycles. The van der Waals surface area contributed by atoms with Gasteiger partial charge in [0.2, 0.25) is 0 Å². The SMILES string of the molecule is CC1(C)OC[C@H](Cc2ccc(CC(=O)S)cc2)O1. The van der Waals surface area contributed by atoms with Crippen LogP contribution in [0.3, 0.4) is 0 Å². The van der Waals surface area contributed by atoms with Crippen LogP contribution in [0.1, 0.15) is 25.0 Å². The molecule has 1 aliphatic rings. The van der Waals surface area contributed by atoms with Gasteiger partial charge in [-0.1, -0.05) is 24.3 Å². The van der Waals surface area contributed by atoms with Crippen LogP contribution in [-0.4, -0.2) is 23.6 Å². The van der Waals surface area contributed by atoms with Crippen molar-refractivity contribution in [3.8, 4) is 0 Å². The molecular weight excluding hydrogens is 248 g/mol. The zero-order chi connectivity index (χ0) is 13.2. The van der Waals surface area contributed by atoms with Crippen molar-refractivity contribution in [3.63, 3.8) is 0 Å². The van der Waals surface area contributed by atoms with E-state index in [9.17, 15) is 4.79 Å². The van der Waals surface area contributed by atoms with Crippen molar-refractivity contribution in [1.29, 1.82) is 0 Å². The molecule has 1 saturated heterocycles. The van der Waals surface area contributed by atoms with Crippen LogP contribution in [0.5, 0.6) is 0 Å². The van der Waals surface area contributed by atoms with Gasteiger partial charge in [0.05, 0.1) is 12.7 Å². The Hall–Kier alpha value is -0.840. The highest BCUT2D eigenvalue weighted by Gasteiger charge is 2.32. The van der Waals surface area contributed by atoms with Crippen LogP contribution in [0.15, 0.2) is 24.3 Å². The Morgan fingerprint density at radius 3 is 2.44 bits per heavy atom. The summed E-state index contributed by atoms with van der Waals surface area (Å²) in [6, 6.07) is 7.98. The maximum absolute atomic E-state index is 10.9. The lowest BCUT2D eigenvalue weighted by molar-refractivity contribution is -0.138. The first kappa shape index (κ1) is 13.6. The van der Waals surface area contributed by atoms with Crippen molar-refractivity contribution in [2.45, 2.75) is 38.6 Å². The minimum atomic E-state index is -0.469. The lowest BCUT2D eigenvalue weighted by Crippen LogP contribution is -2.22. The third-order valence-electron chi connectivity index (χ3n) is 2.91. The van der Waals surface area contributed by atoms with Crippen LogP contribution in [0, 0.1) is 0 Å². The average Bonchev–Trinajstić information content (AvgIpc) is 2.60. The molecule has 0 aliphatic carbocycles. The van der Waals surface area contributed by atoms with Gasteiger partial charge in [-0.3, -0.25) is 4.79 Å². The zero-order valence-electron chi connectivity index (χ0n) is 10.7. The molecule has 1 aromatic rings. The Morgan fingerprint density at radius 1 is 1.33 bits per heavy atom. The minimum Gasteiger partial charge on any atom is -0.348 e. The summed E-state index contributed by atoms with van der Waals surface area (Å²) in [5.74, 6) is -0.469. The van der Waals surface area contributed by atoms with Crippen molar-refractivity contribution < 1.29 is 14.3 Å². The van der Waals surface area contributed by atoms with Gasteiger partial charge >= 0.3 is 0 Å². The third-order valence-corrected chi connectivity index (χ3v) is 3.07. The Kier molecular flexibility index (Phi) is 4.10. The van der Waals surface area contributed by atoms with Crippen LogP contribution in [0.25, 0.3) is 0 Å². The largest absolute Gasteiger partial charge is 0.348 e. The molecule has 0 amide bonds. The Labute approximate surface area is 113 Å². The van der Waals surface area contributed by atoms with E-state index in [1.165, 1.54) is 5.56 Å². The predicted octanol–water partition coefficient (Wildman–Crippen LogP) is 2.38. The highest BCUT2D eigenvalue weighted by Crippen LogP contribution is 2.24. The van der Waals surface area contributed by atoms with E-state index >= 15 is 0 Å². The second-order valence-electron chi connectivity index (χ2n) is 5.04. The van der Waals surface area contributed by atoms with Gasteiger partial charge in [-0.25, -0.2) is 0 Å². The topological polar surface area (TPSA) is 35.5 Å². The Bertz CT molecular complexity index is 425. The molecule has 18 heavy (non-hydrogen) atoms. The van der Waals surface area contributed by atoms with E-state index in [-0.39, 0.29) is 11.2 Å². The lowest BCUT2D eigenvalue weighted by atomic mass is 10.0. The van der Waals surface area contributed by atoms with Gasteiger partial charge in [0.15, 0.2) is 10.9 Å². The number of hydrogen-bond donors (Lipinski definition) is 1. The molecular formula is C14H18O3S. The van der Waals surface area contributed by atoms with E-state index in [0.717, 1.165) is 12.0 Å². The maximum Gasteiger partial charge on any atom is 0.190 e. The van der Waals surface area contributed by atoms with Gasteiger partial charge in [0.1, 0.15) is 0 Å². The van der Waals surface area contributed by atoms with E-state index in [4.69, 9.17) is 9.47 Å². The molecule has 0 radical (unpaired) electrons. The van der Waals surface area contributed by atoms with Crippen LogP contribution in [0.2, 0.25) is 0 Å². The molecule has 3 nitrogen and oxygen atoms in total. The summed E-state index contributed by atoms with van der Waals surface area (Å²) in [6.45, 7) is 4.48. The molecule has 0 saturated carbocycles. The van der Waals surface area contributed by atoms with Gasteiger partial charge < -0.3 is 9.47 Å². The quantitative estimate of drug-likeness (QED) is 0.850. The maximum atomic E-state index is 10.9. The van der Waals surface area contributed by atoms with Crippen molar-refractivity contribution in [3.05, 3.63) is 35.4 Å². The average molecular weight is 266 g/mol. The zero-order valence-corrected chi connectivity index (χ0v) is 11.6. The molecule has 1 aromatic carbocycles. The molecule has 0 aromatic heterocycles. The fraction of sp³-hybridized carbons (Fsp3) is 0.500. The normalized spacial score (nSPS) is 22.1. The molecule has 1 fully saturated rings. The molecule has 2 rings (SSSR count). The number of benzene rings is 1. The number of carbonyl (C=O) groups is 1. The molecule has 4 heteroatoms. The predicted molar refractivity (Wildman–Crippen MR) is 72.7 cm³/mol. The summed E-state index contributed by atoms with van der Waals surface area (Å²) < 4.78 is 11.3. The first-order chi connectivity index (χ1) is 8.44. The summed E-state index contributed by atoms with van der Waals surface area (Å²) in [7, 11) is 0. The van der Waals surface area contributed by atoms with Crippen molar-refractivity contribution >= 4 is 17.7 Å². The van der Waals surface area contributed by atoms with E-state index < -0.39 is 5.79 Å². The molecule has 0 bridgehead atoms. The first-order valence-corrected chi connectivity index (χ1v) is 6.51. The molecule has 0 spiro atoms. The third kappa shape index (κ3) is 3.83. The van der Waals surface area contributed by atoms with Crippen molar-refractivity contribution in [1.82, 2.24) is 0 Å². The molecule has 1 atom stereocenters. The molecule has 0 unspecified atom stereocenters. The van der Waals surface area contributed by atoms with Gasteiger partial charge in [0.25, 0.3) is 0 Å². The molecule has 0 N–H and O–H groups in total. The van der Waals surface area contributed by atoms with E-state index in [1.54, 1.807) is 0 Å². The van der Waals surface area contributed by atoms with E-state index in [2.05, 4.69) is 12.6 Å². The summed E-state index contributed by atoms with van der Waals surface area (Å²) in [4.78, 5) is 10.9. The van der Waals surface area contributed by atoms with Gasteiger partial charge in [-0.05, 0) is 25.0 Å². The van der Waals surface area contributed by atoms with Gasteiger partial charge in [0, 0.05) is 12.8 Å². The number of carbonyl (C=O) groups excluding carboxylic acids is 1. The Balaban J connectivity index is 1.92. The second kappa shape index (κ2) is 5.43. The number of thiol groups is 1.